The number of carbonyl (C=O) groups excluding carboxylic acids is 5. The van der Waals surface area contributed by atoms with Crippen LogP contribution in [0.3, 0.4) is 0 Å². The zero-order chi connectivity index (χ0) is 31.5. The van der Waals surface area contributed by atoms with Crippen molar-refractivity contribution >= 4 is 41.9 Å². The average molecular weight is 605 g/mol. The van der Waals surface area contributed by atoms with E-state index < -0.39 is 6.04 Å². The molecule has 4 amide bonds. The number of rotatable bonds is 15. The van der Waals surface area contributed by atoms with Gasteiger partial charge in [0.05, 0.1) is 13.2 Å². The third kappa shape index (κ3) is 29.0. The van der Waals surface area contributed by atoms with Gasteiger partial charge < -0.3 is 30.7 Å². The molecule has 4 N–H and O–H groups in total. The van der Waals surface area contributed by atoms with E-state index in [1.165, 1.54) is 31.9 Å². The van der Waals surface area contributed by atoms with Gasteiger partial charge in [0.2, 0.25) is 18.2 Å². The highest BCUT2D eigenvalue weighted by Gasteiger charge is 2.34. The number of thioether (sulfide) groups is 1. The largest absolute Gasteiger partial charge is 0.466 e. The molecule has 2 aliphatic heterocycles. The van der Waals surface area contributed by atoms with Crippen LogP contribution in [0.15, 0.2) is 0 Å². The Labute approximate surface area is 251 Å². The number of hydrogen-bond acceptors (Lipinski definition) is 8. The Hall–Kier alpha value is -2.34. The zero-order valence-electron chi connectivity index (χ0n) is 26.3. The molecular formula is C29H56N4O7S. The van der Waals surface area contributed by atoms with Gasteiger partial charge in [0, 0.05) is 38.7 Å². The Morgan fingerprint density at radius 2 is 1.66 bits per heavy atom. The SMILES string of the molecule is CC(=O)NC1CCSC1.CC(C)CC(NC(=O)C1CO1)C(=O)NCCCCNC=O.CCCCC.CCOC(C)=O. The van der Waals surface area contributed by atoms with Crippen LogP contribution in [-0.4, -0.2) is 86.1 Å². The summed E-state index contributed by atoms with van der Waals surface area (Å²) in [5, 5.41) is 11.0. The Balaban J connectivity index is 0. The summed E-state index contributed by atoms with van der Waals surface area (Å²) in [7, 11) is 0. The molecule has 0 spiro atoms. The first-order valence-corrected chi connectivity index (χ1v) is 16.0. The molecule has 3 unspecified atom stereocenters. The summed E-state index contributed by atoms with van der Waals surface area (Å²) >= 11 is 1.91. The monoisotopic (exact) mass is 604 g/mol. The van der Waals surface area contributed by atoms with Crippen molar-refractivity contribution in [1.29, 1.82) is 0 Å². The van der Waals surface area contributed by atoms with Gasteiger partial charge in [-0.05, 0) is 44.3 Å². The van der Waals surface area contributed by atoms with Crippen molar-refractivity contribution in [3.63, 3.8) is 0 Å². The predicted molar refractivity (Wildman–Crippen MR) is 164 cm³/mol. The highest BCUT2D eigenvalue weighted by molar-refractivity contribution is 7.99. The van der Waals surface area contributed by atoms with Gasteiger partial charge in [-0.25, -0.2) is 0 Å². The highest BCUT2D eigenvalue weighted by atomic mass is 32.2. The van der Waals surface area contributed by atoms with E-state index in [2.05, 4.69) is 39.9 Å². The first kappa shape index (κ1) is 40.8. The van der Waals surface area contributed by atoms with Crippen molar-refractivity contribution in [3.05, 3.63) is 0 Å². The molecule has 2 rings (SSSR count). The van der Waals surface area contributed by atoms with Crippen LogP contribution in [0, 0.1) is 5.92 Å². The fourth-order valence-electron chi connectivity index (χ4n) is 3.41. The van der Waals surface area contributed by atoms with Gasteiger partial charge in [-0.3, -0.25) is 24.0 Å². The van der Waals surface area contributed by atoms with E-state index in [0.717, 1.165) is 25.0 Å². The van der Waals surface area contributed by atoms with Crippen molar-refractivity contribution in [2.24, 2.45) is 5.92 Å². The van der Waals surface area contributed by atoms with Crippen molar-refractivity contribution in [1.82, 2.24) is 21.3 Å². The van der Waals surface area contributed by atoms with E-state index in [0.29, 0.717) is 51.1 Å². The minimum atomic E-state index is -0.519. The number of nitrogens with one attached hydrogen (secondary N) is 4. The average Bonchev–Trinajstić information content (AvgIpc) is 3.64. The number of hydrogen-bond donors (Lipinski definition) is 4. The molecule has 2 heterocycles. The molecule has 2 aliphatic rings. The van der Waals surface area contributed by atoms with E-state index in [1.807, 2.05) is 25.6 Å². The van der Waals surface area contributed by atoms with Gasteiger partial charge in [-0.1, -0.05) is 47.0 Å². The maximum absolute atomic E-state index is 12.1. The highest BCUT2D eigenvalue weighted by Crippen LogP contribution is 2.16. The quantitative estimate of drug-likeness (QED) is 0.0963. The van der Waals surface area contributed by atoms with Gasteiger partial charge in [0.15, 0.2) is 6.10 Å². The van der Waals surface area contributed by atoms with E-state index in [4.69, 9.17) is 4.74 Å². The zero-order valence-corrected chi connectivity index (χ0v) is 27.2. The van der Waals surface area contributed by atoms with Gasteiger partial charge in [0.1, 0.15) is 6.04 Å². The lowest BCUT2D eigenvalue weighted by molar-refractivity contribution is -0.140. The van der Waals surface area contributed by atoms with Crippen LogP contribution in [0.5, 0.6) is 0 Å². The number of ether oxygens (including phenoxy) is 2. The van der Waals surface area contributed by atoms with E-state index in [9.17, 15) is 24.0 Å². The fourth-order valence-corrected chi connectivity index (χ4v) is 4.56. The second-order valence-electron chi connectivity index (χ2n) is 10.1. The second kappa shape index (κ2) is 27.8. The van der Waals surface area contributed by atoms with E-state index in [-0.39, 0.29) is 29.8 Å². The summed E-state index contributed by atoms with van der Waals surface area (Å²) in [5.41, 5.74) is 0. The van der Waals surface area contributed by atoms with Crippen molar-refractivity contribution in [2.45, 2.75) is 112 Å². The molecular weight excluding hydrogens is 548 g/mol. The fraction of sp³-hybridized carbons (Fsp3) is 0.828. The molecule has 0 aromatic rings. The number of amides is 4. The van der Waals surface area contributed by atoms with Crippen LogP contribution in [-0.2, 0) is 33.4 Å². The van der Waals surface area contributed by atoms with Crippen LogP contribution in [0.25, 0.3) is 0 Å². The van der Waals surface area contributed by atoms with E-state index in [1.54, 1.807) is 13.8 Å². The molecule has 0 saturated carbocycles. The van der Waals surface area contributed by atoms with Crippen molar-refractivity contribution < 1.29 is 33.4 Å². The van der Waals surface area contributed by atoms with Crippen LogP contribution < -0.4 is 21.3 Å². The summed E-state index contributed by atoms with van der Waals surface area (Å²) in [6.07, 6.45) is 7.67. The molecule has 240 valence electrons. The number of carbonyl (C=O) groups is 5. The first-order valence-electron chi connectivity index (χ1n) is 14.9. The van der Waals surface area contributed by atoms with Crippen LogP contribution in [0.1, 0.15) is 93.4 Å². The molecule has 12 heteroatoms. The minimum Gasteiger partial charge on any atom is -0.466 e. The molecule has 0 aliphatic carbocycles. The number of epoxide rings is 1. The lowest BCUT2D eigenvalue weighted by Crippen LogP contribution is -2.48. The third-order valence-electron chi connectivity index (χ3n) is 5.49. The summed E-state index contributed by atoms with van der Waals surface area (Å²) in [5.74, 6) is 2.11. The standard InChI is InChI=1S/C14H25N3O4.C6H11NOS.C5H12.C4H8O2/c1-10(2)7-11(17-14(20)12-8-21-12)13(19)16-6-4-3-5-15-9-18;1-5(8)7-6-2-3-9-4-6;1-3-5-4-2;1-3-6-4(2)5/h9-12H,3-8H2,1-2H3,(H,15,18)(H,16,19)(H,17,20);6H,2-4H2,1H3,(H,7,8);3-5H2,1-2H3;3H2,1-2H3. The normalized spacial score (nSPS) is 17.1. The van der Waals surface area contributed by atoms with Crippen LogP contribution >= 0.6 is 11.8 Å². The van der Waals surface area contributed by atoms with Gasteiger partial charge >= 0.3 is 5.97 Å². The molecule has 0 aromatic heterocycles. The first-order chi connectivity index (χ1) is 19.5. The van der Waals surface area contributed by atoms with Gasteiger partial charge in [-0.2, -0.15) is 11.8 Å². The topological polar surface area (TPSA) is 155 Å². The maximum Gasteiger partial charge on any atom is 0.302 e. The number of unbranched alkanes of at least 4 members (excludes halogenated alkanes) is 3. The smallest absolute Gasteiger partial charge is 0.302 e. The predicted octanol–water partition coefficient (Wildman–Crippen LogP) is 2.95. The van der Waals surface area contributed by atoms with Gasteiger partial charge in [0.25, 0.3) is 5.91 Å². The summed E-state index contributed by atoms with van der Waals surface area (Å²) in [4.78, 5) is 54.2. The molecule has 41 heavy (non-hydrogen) atoms. The Kier molecular flexibility index (Phi) is 27.7. The molecule has 2 fully saturated rings. The summed E-state index contributed by atoms with van der Waals surface area (Å²) in [6.45, 7) is 15.2. The molecule has 0 aromatic carbocycles. The minimum absolute atomic E-state index is 0.0995. The lowest BCUT2D eigenvalue weighted by Gasteiger charge is -2.19. The maximum atomic E-state index is 12.1. The second-order valence-corrected chi connectivity index (χ2v) is 11.3. The molecule has 11 nitrogen and oxygen atoms in total. The third-order valence-corrected chi connectivity index (χ3v) is 6.65. The van der Waals surface area contributed by atoms with E-state index >= 15 is 0 Å². The van der Waals surface area contributed by atoms with Crippen molar-refractivity contribution in [3.8, 4) is 0 Å². The number of esters is 1. The summed E-state index contributed by atoms with van der Waals surface area (Å²) in [6, 6.07) is -0.0673. The Morgan fingerprint density at radius 1 is 1.02 bits per heavy atom. The lowest BCUT2D eigenvalue weighted by atomic mass is 10.0. The Morgan fingerprint density at radius 3 is 2.05 bits per heavy atom. The van der Waals surface area contributed by atoms with Crippen LogP contribution in [0.2, 0.25) is 0 Å². The molecule has 2 saturated heterocycles. The van der Waals surface area contributed by atoms with Crippen LogP contribution in [0.4, 0.5) is 0 Å². The van der Waals surface area contributed by atoms with Gasteiger partial charge in [-0.15, -0.1) is 0 Å². The Bertz CT molecular complexity index is 713. The van der Waals surface area contributed by atoms with Crippen molar-refractivity contribution in [2.75, 3.05) is 37.8 Å². The summed E-state index contributed by atoms with van der Waals surface area (Å²) < 4.78 is 9.32. The molecule has 3 atom stereocenters. The molecule has 0 bridgehead atoms. The molecule has 0 radical (unpaired) electrons.